The molecule has 0 unspecified atom stereocenters. The SMILES string of the molecule is CN=C(NCc1noc(C)n1)NCc1ccccc1F.I. The van der Waals surface area contributed by atoms with Gasteiger partial charge in [0.15, 0.2) is 11.8 Å². The van der Waals surface area contributed by atoms with Crippen molar-refractivity contribution < 1.29 is 8.91 Å². The Balaban J connectivity index is 0.00000220. The molecule has 0 aliphatic rings. The summed E-state index contributed by atoms with van der Waals surface area (Å²) in [6.07, 6.45) is 0. The molecule has 0 amide bonds. The molecule has 2 rings (SSSR count). The first-order chi connectivity index (χ1) is 9.69. The lowest BCUT2D eigenvalue weighted by Crippen LogP contribution is -2.36. The van der Waals surface area contributed by atoms with Gasteiger partial charge in [0, 0.05) is 26.1 Å². The lowest BCUT2D eigenvalue weighted by Gasteiger charge is -2.10. The van der Waals surface area contributed by atoms with Gasteiger partial charge in [-0.15, -0.1) is 24.0 Å². The summed E-state index contributed by atoms with van der Waals surface area (Å²) in [5.74, 6) is 1.34. The maximum absolute atomic E-state index is 13.5. The number of rotatable bonds is 4. The largest absolute Gasteiger partial charge is 0.352 e. The number of aryl methyl sites for hydroxylation is 1. The van der Waals surface area contributed by atoms with Crippen molar-refractivity contribution in [3.8, 4) is 0 Å². The van der Waals surface area contributed by atoms with Crippen LogP contribution < -0.4 is 10.6 Å². The van der Waals surface area contributed by atoms with E-state index in [1.807, 2.05) is 0 Å². The van der Waals surface area contributed by atoms with E-state index in [1.54, 1.807) is 32.2 Å². The van der Waals surface area contributed by atoms with Crippen LogP contribution in [0.5, 0.6) is 0 Å². The number of aromatic nitrogens is 2. The van der Waals surface area contributed by atoms with Crippen LogP contribution in [0.1, 0.15) is 17.3 Å². The minimum atomic E-state index is -0.246. The molecule has 2 aromatic rings. The van der Waals surface area contributed by atoms with Gasteiger partial charge in [-0.25, -0.2) is 4.39 Å². The number of halogens is 2. The molecule has 2 N–H and O–H groups in total. The molecule has 6 nitrogen and oxygen atoms in total. The zero-order valence-electron chi connectivity index (χ0n) is 11.8. The van der Waals surface area contributed by atoms with Crippen LogP contribution in [0, 0.1) is 12.7 Å². The predicted octanol–water partition coefficient (Wildman–Crippen LogP) is 2.00. The van der Waals surface area contributed by atoms with Crippen molar-refractivity contribution in [2.24, 2.45) is 4.99 Å². The molecule has 0 aliphatic heterocycles. The zero-order chi connectivity index (χ0) is 14.4. The minimum absolute atomic E-state index is 0. The summed E-state index contributed by atoms with van der Waals surface area (Å²) in [4.78, 5) is 8.11. The molecule has 8 heteroatoms. The maximum Gasteiger partial charge on any atom is 0.223 e. The van der Waals surface area contributed by atoms with Gasteiger partial charge in [-0.05, 0) is 6.07 Å². The van der Waals surface area contributed by atoms with Gasteiger partial charge in [-0.1, -0.05) is 23.4 Å². The lowest BCUT2D eigenvalue weighted by atomic mass is 10.2. The van der Waals surface area contributed by atoms with E-state index >= 15 is 0 Å². The molecule has 0 aliphatic carbocycles. The van der Waals surface area contributed by atoms with E-state index in [2.05, 4.69) is 25.8 Å². The Morgan fingerprint density at radius 2 is 2.00 bits per heavy atom. The van der Waals surface area contributed by atoms with E-state index in [1.165, 1.54) is 6.07 Å². The molecular weight excluding hydrogens is 388 g/mol. The van der Waals surface area contributed by atoms with Crippen LogP contribution in [0.4, 0.5) is 4.39 Å². The molecule has 0 saturated heterocycles. The van der Waals surface area contributed by atoms with Crippen molar-refractivity contribution in [1.82, 2.24) is 20.8 Å². The molecule has 114 valence electrons. The molecule has 1 aromatic heterocycles. The number of aliphatic imine (C=N–C) groups is 1. The first-order valence-corrected chi connectivity index (χ1v) is 6.16. The average Bonchev–Trinajstić information content (AvgIpc) is 2.86. The molecule has 0 atom stereocenters. The highest BCUT2D eigenvalue weighted by atomic mass is 127. The van der Waals surface area contributed by atoms with Crippen LogP contribution in [0.3, 0.4) is 0 Å². The molecule has 0 saturated carbocycles. The van der Waals surface area contributed by atoms with Crippen LogP contribution in [0.25, 0.3) is 0 Å². The first-order valence-electron chi connectivity index (χ1n) is 6.16. The van der Waals surface area contributed by atoms with E-state index in [0.29, 0.717) is 36.3 Å². The fourth-order valence-electron chi connectivity index (χ4n) is 1.62. The monoisotopic (exact) mass is 405 g/mol. The highest BCUT2D eigenvalue weighted by molar-refractivity contribution is 14.0. The van der Waals surface area contributed by atoms with E-state index in [0.717, 1.165) is 0 Å². The molecule has 1 heterocycles. The van der Waals surface area contributed by atoms with Gasteiger partial charge in [-0.3, -0.25) is 4.99 Å². The highest BCUT2D eigenvalue weighted by Gasteiger charge is 2.05. The van der Waals surface area contributed by atoms with E-state index in [-0.39, 0.29) is 29.8 Å². The van der Waals surface area contributed by atoms with E-state index < -0.39 is 0 Å². The third kappa shape index (κ3) is 5.29. The molecule has 21 heavy (non-hydrogen) atoms. The Morgan fingerprint density at radius 1 is 1.29 bits per heavy atom. The van der Waals surface area contributed by atoms with Gasteiger partial charge in [0.25, 0.3) is 0 Å². The summed E-state index contributed by atoms with van der Waals surface area (Å²) in [6.45, 7) is 2.45. The summed E-state index contributed by atoms with van der Waals surface area (Å²) < 4.78 is 18.3. The summed E-state index contributed by atoms with van der Waals surface area (Å²) in [5, 5.41) is 9.80. The molecule has 0 radical (unpaired) electrons. The summed E-state index contributed by atoms with van der Waals surface area (Å²) in [6, 6.07) is 6.59. The summed E-state index contributed by atoms with van der Waals surface area (Å²) in [7, 11) is 1.64. The average molecular weight is 405 g/mol. The third-order valence-electron chi connectivity index (χ3n) is 2.61. The Labute approximate surface area is 139 Å². The molecule has 0 fully saturated rings. The lowest BCUT2D eigenvalue weighted by molar-refractivity contribution is 0.387. The molecular formula is C13H17FIN5O. The van der Waals surface area contributed by atoms with Crippen molar-refractivity contribution in [2.75, 3.05) is 7.05 Å². The van der Waals surface area contributed by atoms with E-state index in [9.17, 15) is 4.39 Å². The van der Waals surface area contributed by atoms with Crippen molar-refractivity contribution in [3.63, 3.8) is 0 Å². The van der Waals surface area contributed by atoms with Crippen LogP contribution in [-0.4, -0.2) is 23.1 Å². The standard InChI is InChI=1S/C13H16FN5O.HI/c1-9-18-12(19-20-9)8-17-13(15-2)16-7-10-5-3-4-6-11(10)14;/h3-6H,7-8H2,1-2H3,(H2,15,16,17);1H. The number of nitrogens with one attached hydrogen (secondary N) is 2. The Morgan fingerprint density at radius 3 is 2.62 bits per heavy atom. The number of hydrogen-bond acceptors (Lipinski definition) is 4. The Hall–Kier alpha value is -1.71. The summed E-state index contributed by atoms with van der Waals surface area (Å²) in [5.41, 5.74) is 0.575. The van der Waals surface area contributed by atoms with Gasteiger partial charge < -0.3 is 15.2 Å². The van der Waals surface area contributed by atoms with Crippen molar-refractivity contribution in [2.45, 2.75) is 20.0 Å². The second-order valence-electron chi connectivity index (χ2n) is 4.10. The maximum atomic E-state index is 13.5. The van der Waals surface area contributed by atoms with Gasteiger partial charge in [0.1, 0.15) is 5.82 Å². The normalized spacial score (nSPS) is 10.9. The minimum Gasteiger partial charge on any atom is -0.352 e. The van der Waals surface area contributed by atoms with Gasteiger partial charge in [0.2, 0.25) is 5.89 Å². The quantitative estimate of drug-likeness (QED) is 0.463. The Bertz CT molecular complexity index is 602. The van der Waals surface area contributed by atoms with Crippen molar-refractivity contribution in [3.05, 3.63) is 47.4 Å². The Kier molecular flexibility index (Phi) is 7.06. The second-order valence-corrected chi connectivity index (χ2v) is 4.10. The molecule has 1 aromatic carbocycles. The number of guanidine groups is 1. The van der Waals surface area contributed by atoms with Gasteiger partial charge >= 0.3 is 0 Å². The van der Waals surface area contributed by atoms with Crippen LogP contribution >= 0.6 is 24.0 Å². The fraction of sp³-hybridized carbons (Fsp3) is 0.308. The van der Waals surface area contributed by atoms with E-state index in [4.69, 9.17) is 4.52 Å². The summed E-state index contributed by atoms with van der Waals surface area (Å²) >= 11 is 0. The first kappa shape index (κ1) is 17.3. The number of hydrogen-bond donors (Lipinski definition) is 2. The molecule has 0 bridgehead atoms. The van der Waals surface area contributed by atoms with Gasteiger partial charge in [-0.2, -0.15) is 4.98 Å². The highest BCUT2D eigenvalue weighted by Crippen LogP contribution is 2.05. The topological polar surface area (TPSA) is 75.3 Å². The van der Waals surface area contributed by atoms with Crippen LogP contribution in [0.15, 0.2) is 33.8 Å². The van der Waals surface area contributed by atoms with Crippen LogP contribution in [0.2, 0.25) is 0 Å². The van der Waals surface area contributed by atoms with Crippen LogP contribution in [-0.2, 0) is 13.1 Å². The smallest absolute Gasteiger partial charge is 0.223 e. The number of benzene rings is 1. The van der Waals surface area contributed by atoms with Gasteiger partial charge in [0.05, 0.1) is 6.54 Å². The third-order valence-corrected chi connectivity index (χ3v) is 2.61. The number of nitrogens with zero attached hydrogens (tertiary/aromatic N) is 3. The predicted molar refractivity (Wildman–Crippen MR) is 87.9 cm³/mol. The van der Waals surface area contributed by atoms with Crippen molar-refractivity contribution >= 4 is 29.9 Å². The second kappa shape index (κ2) is 8.55. The molecule has 0 spiro atoms. The zero-order valence-corrected chi connectivity index (χ0v) is 14.1. The van der Waals surface area contributed by atoms with Crippen molar-refractivity contribution in [1.29, 1.82) is 0 Å². The fourth-order valence-corrected chi connectivity index (χ4v) is 1.62.